The van der Waals surface area contributed by atoms with Gasteiger partial charge >= 0.3 is 0 Å². The van der Waals surface area contributed by atoms with Crippen LogP contribution in [0.3, 0.4) is 0 Å². The number of hydrogen-bond donors (Lipinski definition) is 0. The van der Waals surface area contributed by atoms with Gasteiger partial charge in [-0.2, -0.15) is 0 Å². The molecule has 2 nitrogen and oxygen atoms in total. The smallest absolute Gasteiger partial charge is 0.255 e. The zero-order valence-electron chi connectivity index (χ0n) is 10.5. The molecule has 1 heterocycles. The molecule has 0 N–H and O–H groups in total. The molecule has 0 radical (unpaired) electrons. The van der Waals surface area contributed by atoms with E-state index in [0.717, 1.165) is 32.2 Å². The van der Waals surface area contributed by atoms with Gasteiger partial charge < -0.3 is 4.90 Å². The van der Waals surface area contributed by atoms with Gasteiger partial charge in [0, 0.05) is 22.0 Å². The molecule has 1 fully saturated rings. The summed E-state index contributed by atoms with van der Waals surface area (Å²) < 4.78 is 13.8. The Morgan fingerprint density at radius 1 is 1.42 bits per heavy atom. The number of nitrogens with zero attached hydrogens (tertiary/aromatic N) is 1. The summed E-state index contributed by atoms with van der Waals surface area (Å²) in [5.41, 5.74) is 0.569. The van der Waals surface area contributed by atoms with Crippen molar-refractivity contribution in [1.29, 1.82) is 0 Å². The Bertz CT molecular complexity index is 469. The van der Waals surface area contributed by atoms with E-state index in [1.807, 2.05) is 27.5 Å². The minimum atomic E-state index is -0.314. The SMILES string of the molecule is O=C(c1ccc(F)cc1I)N1CCCCCC1CCl. The molecule has 1 aliphatic heterocycles. The van der Waals surface area contributed by atoms with Crippen LogP contribution < -0.4 is 0 Å². The molecular weight excluding hydrogens is 380 g/mol. The van der Waals surface area contributed by atoms with Crippen LogP contribution in [0.2, 0.25) is 0 Å². The van der Waals surface area contributed by atoms with Gasteiger partial charge in [0.05, 0.1) is 5.56 Å². The van der Waals surface area contributed by atoms with Gasteiger partial charge in [-0.3, -0.25) is 4.79 Å². The Balaban J connectivity index is 2.25. The van der Waals surface area contributed by atoms with Gasteiger partial charge in [0.2, 0.25) is 0 Å². The molecule has 1 amide bonds. The lowest BCUT2D eigenvalue weighted by atomic mass is 10.1. The van der Waals surface area contributed by atoms with E-state index in [4.69, 9.17) is 11.6 Å². The van der Waals surface area contributed by atoms with E-state index in [0.29, 0.717) is 15.0 Å². The van der Waals surface area contributed by atoms with Crippen molar-refractivity contribution in [2.45, 2.75) is 31.7 Å². The van der Waals surface area contributed by atoms with Gasteiger partial charge in [-0.05, 0) is 53.6 Å². The Morgan fingerprint density at radius 3 is 2.89 bits per heavy atom. The number of hydrogen-bond acceptors (Lipinski definition) is 1. The number of halogens is 3. The molecule has 19 heavy (non-hydrogen) atoms. The normalized spacial score (nSPS) is 20.2. The average molecular weight is 396 g/mol. The van der Waals surface area contributed by atoms with Crippen molar-refractivity contribution >= 4 is 40.1 Å². The predicted molar refractivity (Wildman–Crippen MR) is 83.1 cm³/mol. The van der Waals surface area contributed by atoms with Crippen LogP contribution in [0.4, 0.5) is 4.39 Å². The van der Waals surface area contributed by atoms with Gasteiger partial charge in [-0.25, -0.2) is 4.39 Å². The number of benzene rings is 1. The quantitative estimate of drug-likeness (QED) is 0.546. The molecule has 1 saturated heterocycles. The number of amides is 1. The molecule has 0 bridgehead atoms. The van der Waals surface area contributed by atoms with Crippen molar-refractivity contribution < 1.29 is 9.18 Å². The Morgan fingerprint density at radius 2 is 2.21 bits per heavy atom. The summed E-state index contributed by atoms with van der Waals surface area (Å²) in [6.07, 6.45) is 4.21. The molecule has 1 aliphatic rings. The summed E-state index contributed by atoms with van der Waals surface area (Å²) >= 11 is 7.99. The van der Waals surface area contributed by atoms with Crippen molar-refractivity contribution in [1.82, 2.24) is 4.90 Å². The summed E-state index contributed by atoms with van der Waals surface area (Å²) in [5.74, 6) is 0.117. The van der Waals surface area contributed by atoms with Gasteiger partial charge in [0.1, 0.15) is 5.82 Å². The van der Waals surface area contributed by atoms with Crippen LogP contribution in [0.15, 0.2) is 18.2 Å². The molecule has 2 rings (SSSR count). The Hall–Kier alpha value is -0.360. The highest BCUT2D eigenvalue weighted by Gasteiger charge is 2.26. The van der Waals surface area contributed by atoms with Crippen LogP contribution >= 0.6 is 34.2 Å². The van der Waals surface area contributed by atoms with Crippen LogP contribution in [0.5, 0.6) is 0 Å². The molecular formula is C14H16ClFINO. The zero-order chi connectivity index (χ0) is 13.8. The van der Waals surface area contributed by atoms with Crippen LogP contribution in [-0.4, -0.2) is 29.3 Å². The van der Waals surface area contributed by atoms with E-state index in [2.05, 4.69) is 0 Å². The van der Waals surface area contributed by atoms with Gasteiger partial charge in [-0.1, -0.05) is 12.8 Å². The maximum absolute atomic E-state index is 13.1. The minimum Gasteiger partial charge on any atom is -0.334 e. The molecule has 1 unspecified atom stereocenters. The molecule has 1 aromatic rings. The molecule has 0 aliphatic carbocycles. The van der Waals surface area contributed by atoms with Crippen LogP contribution in [0.1, 0.15) is 36.0 Å². The third-order valence-corrected chi connectivity index (χ3v) is 4.73. The second-order valence-electron chi connectivity index (χ2n) is 4.78. The fraction of sp³-hybridized carbons (Fsp3) is 0.500. The maximum Gasteiger partial charge on any atom is 0.255 e. The highest BCUT2D eigenvalue weighted by molar-refractivity contribution is 14.1. The van der Waals surface area contributed by atoms with E-state index >= 15 is 0 Å². The Kier molecular flexibility index (Phi) is 5.45. The topological polar surface area (TPSA) is 20.3 Å². The number of carbonyl (C=O) groups is 1. The Labute approximate surface area is 131 Å². The lowest BCUT2D eigenvalue weighted by molar-refractivity contribution is 0.0699. The van der Waals surface area contributed by atoms with Crippen molar-refractivity contribution in [2.24, 2.45) is 0 Å². The highest BCUT2D eigenvalue weighted by atomic mass is 127. The third-order valence-electron chi connectivity index (χ3n) is 3.48. The zero-order valence-corrected chi connectivity index (χ0v) is 13.5. The van der Waals surface area contributed by atoms with Crippen molar-refractivity contribution in [2.75, 3.05) is 12.4 Å². The standard InChI is InChI=1S/C14H16ClFINO/c15-9-11-4-2-1-3-7-18(11)14(19)12-6-5-10(16)8-13(12)17/h5-6,8,11H,1-4,7,9H2. The van der Waals surface area contributed by atoms with Crippen molar-refractivity contribution in [3.63, 3.8) is 0 Å². The number of carbonyl (C=O) groups excluding carboxylic acids is 1. The fourth-order valence-corrected chi connectivity index (χ4v) is 3.45. The van der Waals surface area contributed by atoms with E-state index in [1.54, 1.807) is 6.07 Å². The molecule has 104 valence electrons. The van der Waals surface area contributed by atoms with Gasteiger partial charge in [0.15, 0.2) is 0 Å². The lowest BCUT2D eigenvalue weighted by Gasteiger charge is -2.29. The van der Waals surface area contributed by atoms with E-state index in [9.17, 15) is 9.18 Å². The van der Waals surface area contributed by atoms with Crippen molar-refractivity contribution in [3.05, 3.63) is 33.1 Å². The molecule has 0 saturated carbocycles. The first-order valence-corrected chi connectivity index (χ1v) is 8.07. The largest absolute Gasteiger partial charge is 0.334 e. The molecule has 1 aromatic carbocycles. The first-order chi connectivity index (χ1) is 9.13. The van der Waals surface area contributed by atoms with Crippen LogP contribution in [-0.2, 0) is 0 Å². The average Bonchev–Trinajstić information content (AvgIpc) is 2.63. The summed E-state index contributed by atoms with van der Waals surface area (Å²) in [4.78, 5) is 14.5. The summed E-state index contributed by atoms with van der Waals surface area (Å²) in [6.45, 7) is 0.740. The third kappa shape index (κ3) is 3.60. The number of rotatable bonds is 2. The first kappa shape index (κ1) is 15.0. The number of likely N-dealkylation sites (tertiary alicyclic amines) is 1. The molecule has 0 spiro atoms. The molecule has 5 heteroatoms. The van der Waals surface area contributed by atoms with Gasteiger partial charge in [0.25, 0.3) is 5.91 Å². The monoisotopic (exact) mass is 395 g/mol. The minimum absolute atomic E-state index is 0.0306. The van der Waals surface area contributed by atoms with E-state index in [-0.39, 0.29) is 17.8 Å². The predicted octanol–water partition coefficient (Wildman–Crippen LogP) is 4.05. The fourth-order valence-electron chi connectivity index (χ4n) is 2.42. The van der Waals surface area contributed by atoms with Gasteiger partial charge in [-0.15, -0.1) is 11.6 Å². The second-order valence-corrected chi connectivity index (χ2v) is 6.25. The number of alkyl halides is 1. The first-order valence-electron chi connectivity index (χ1n) is 6.45. The molecule has 1 atom stereocenters. The van der Waals surface area contributed by atoms with Crippen LogP contribution in [0.25, 0.3) is 0 Å². The summed E-state index contributed by atoms with van der Waals surface area (Å²) in [6, 6.07) is 4.39. The summed E-state index contributed by atoms with van der Waals surface area (Å²) in [5, 5.41) is 0. The van der Waals surface area contributed by atoms with Crippen molar-refractivity contribution in [3.8, 4) is 0 Å². The summed E-state index contributed by atoms with van der Waals surface area (Å²) in [7, 11) is 0. The molecule has 0 aromatic heterocycles. The highest BCUT2D eigenvalue weighted by Crippen LogP contribution is 2.22. The lowest BCUT2D eigenvalue weighted by Crippen LogP contribution is -2.41. The van der Waals surface area contributed by atoms with E-state index in [1.165, 1.54) is 12.1 Å². The van der Waals surface area contributed by atoms with E-state index < -0.39 is 0 Å². The maximum atomic E-state index is 13.1. The van der Waals surface area contributed by atoms with Crippen LogP contribution in [0, 0.1) is 9.39 Å². The second kappa shape index (κ2) is 6.88.